The summed E-state index contributed by atoms with van der Waals surface area (Å²) in [5.74, 6) is -2.81. The summed E-state index contributed by atoms with van der Waals surface area (Å²) >= 11 is 0. The summed E-state index contributed by atoms with van der Waals surface area (Å²) in [5.41, 5.74) is 0.0776. The van der Waals surface area contributed by atoms with Gasteiger partial charge >= 0.3 is 0 Å². The average Bonchev–Trinajstić information content (AvgIpc) is 2.23. The van der Waals surface area contributed by atoms with Crippen LogP contribution in [0.3, 0.4) is 0 Å². The smallest absolute Gasteiger partial charge is 0.163 e. The van der Waals surface area contributed by atoms with E-state index in [9.17, 15) is 13.2 Å². The number of benzene rings is 1. The third-order valence-corrected chi connectivity index (χ3v) is 3.10. The van der Waals surface area contributed by atoms with E-state index in [2.05, 4.69) is 5.32 Å². The van der Waals surface area contributed by atoms with Gasteiger partial charge in [0, 0.05) is 43.3 Å². The highest BCUT2D eigenvalue weighted by Crippen LogP contribution is 2.17. The summed E-state index contributed by atoms with van der Waals surface area (Å²) < 4.78 is 39.7. The number of rotatable bonds is 2. The first kappa shape index (κ1) is 13.4. The second-order valence-electron chi connectivity index (χ2n) is 5.02. The van der Waals surface area contributed by atoms with Crippen molar-refractivity contribution < 1.29 is 13.2 Å². The minimum Gasteiger partial charge on any atom is -0.309 e. The fourth-order valence-electron chi connectivity index (χ4n) is 2.53. The molecule has 0 aliphatic carbocycles. The van der Waals surface area contributed by atoms with E-state index in [0.29, 0.717) is 6.07 Å². The largest absolute Gasteiger partial charge is 0.309 e. The standard InChI is InChI=1S/C13H17F3N2/c1-8-5-18(6-9(2)17-8)7-10-3-11(14)4-12(15)13(10)16/h3-4,8-9,17H,5-7H2,1-2H3/t8-,9+. The Labute approximate surface area is 105 Å². The lowest BCUT2D eigenvalue weighted by atomic mass is 10.1. The summed E-state index contributed by atoms with van der Waals surface area (Å²) in [7, 11) is 0. The summed E-state index contributed by atoms with van der Waals surface area (Å²) in [6.45, 7) is 5.77. The van der Waals surface area contributed by atoms with Crippen LogP contribution < -0.4 is 5.32 Å². The number of halogens is 3. The van der Waals surface area contributed by atoms with E-state index in [-0.39, 0.29) is 24.2 Å². The molecular formula is C13H17F3N2. The first-order valence-corrected chi connectivity index (χ1v) is 6.07. The van der Waals surface area contributed by atoms with Gasteiger partial charge in [-0.15, -0.1) is 0 Å². The Bertz CT molecular complexity index is 426. The van der Waals surface area contributed by atoms with Crippen LogP contribution in [0.25, 0.3) is 0 Å². The van der Waals surface area contributed by atoms with Crippen LogP contribution in [0, 0.1) is 17.5 Å². The third-order valence-electron chi connectivity index (χ3n) is 3.10. The highest BCUT2D eigenvalue weighted by atomic mass is 19.2. The van der Waals surface area contributed by atoms with Crippen LogP contribution in [-0.2, 0) is 6.54 Å². The number of piperazine rings is 1. The predicted molar refractivity (Wildman–Crippen MR) is 63.7 cm³/mol. The maximum absolute atomic E-state index is 13.5. The Morgan fingerprint density at radius 1 is 1.17 bits per heavy atom. The molecule has 0 saturated carbocycles. The minimum atomic E-state index is -1.12. The van der Waals surface area contributed by atoms with Crippen LogP contribution in [0.15, 0.2) is 12.1 Å². The molecule has 1 aliphatic rings. The predicted octanol–water partition coefficient (Wildman–Crippen LogP) is 2.29. The van der Waals surface area contributed by atoms with Crippen molar-refractivity contribution in [2.75, 3.05) is 13.1 Å². The Balaban J connectivity index is 2.14. The maximum atomic E-state index is 13.5. The molecule has 2 rings (SSSR count). The van der Waals surface area contributed by atoms with Crippen molar-refractivity contribution >= 4 is 0 Å². The fourth-order valence-corrected chi connectivity index (χ4v) is 2.53. The molecular weight excluding hydrogens is 241 g/mol. The molecule has 1 aromatic rings. The normalized spacial score (nSPS) is 25.4. The number of nitrogens with zero attached hydrogens (tertiary/aromatic N) is 1. The molecule has 1 heterocycles. The van der Waals surface area contributed by atoms with E-state index < -0.39 is 17.5 Å². The van der Waals surface area contributed by atoms with E-state index >= 15 is 0 Å². The molecule has 0 bridgehead atoms. The van der Waals surface area contributed by atoms with Crippen molar-refractivity contribution in [2.45, 2.75) is 32.5 Å². The maximum Gasteiger partial charge on any atom is 0.163 e. The minimum absolute atomic E-state index is 0.0776. The van der Waals surface area contributed by atoms with Gasteiger partial charge in [-0.2, -0.15) is 0 Å². The number of hydrogen-bond acceptors (Lipinski definition) is 2. The van der Waals surface area contributed by atoms with Crippen LogP contribution in [0.5, 0.6) is 0 Å². The lowest BCUT2D eigenvalue weighted by Gasteiger charge is -2.36. The fraction of sp³-hybridized carbons (Fsp3) is 0.538. The van der Waals surface area contributed by atoms with Gasteiger partial charge in [-0.1, -0.05) is 0 Å². The van der Waals surface area contributed by atoms with E-state index in [1.807, 2.05) is 18.7 Å². The van der Waals surface area contributed by atoms with Gasteiger partial charge in [-0.05, 0) is 19.9 Å². The van der Waals surface area contributed by atoms with Gasteiger partial charge < -0.3 is 5.32 Å². The zero-order valence-electron chi connectivity index (χ0n) is 10.5. The van der Waals surface area contributed by atoms with Crippen LogP contribution in [-0.4, -0.2) is 30.1 Å². The molecule has 0 aromatic heterocycles. The molecule has 0 amide bonds. The molecule has 0 spiro atoms. The van der Waals surface area contributed by atoms with Crippen LogP contribution in [0.2, 0.25) is 0 Å². The Kier molecular flexibility index (Phi) is 3.92. The summed E-state index contributed by atoms with van der Waals surface area (Å²) in [6.07, 6.45) is 0. The summed E-state index contributed by atoms with van der Waals surface area (Å²) in [5, 5.41) is 3.35. The van der Waals surface area contributed by atoms with Crippen molar-refractivity contribution in [3.63, 3.8) is 0 Å². The van der Waals surface area contributed by atoms with E-state index in [1.54, 1.807) is 0 Å². The van der Waals surface area contributed by atoms with Gasteiger partial charge in [-0.25, -0.2) is 13.2 Å². The topological polar surface area (TPSA) is 15.3 Å². The molecule has 5 heteroatoms. The molecule has 1 saturated heterocycles. The molecule has 0 radical (unpaired) electrons. The zero-order chi connectivity index (χ0) is 13.3. The van der Waals surface area contributed by atoms with Crippen molar-refractivity contribution in [2.24, 2.45) is 0 Å². The average molecular weight is 258 g/mol. The van der Waals surface area contributed by atoms with Gasteiger partial charge in [0.25, 0.3) is 0 Å². The molecule has 0 unspecified atom stereocenters. The summed E-state index contributed by atoms with van der Waals surface area (Å²) in [4.78, 5) is 2.00. The van der Waals surface area contributed by atoms with Gasteiger partial charge in [0.15, 0.2) is 11.6 Å². The van der Waals surface area contributed by atoms with Crippen molar-refractivity contribution in [3.8, 4) is 0 Å². The first-order chi connectivity index (χ1) is 8.45. The molecule has 2 nitrogen and oxygen atoms in total. The monoisotopic (exact) mass is 258 g/mol. The number of hydrogen-bond donors (Lipinski definition) is 1. The lowest BCUT2D eigenvalue weighted by molar-refractivity contribution is 0.164. The second kappa shape index (κ2) is 5.28. The molecule has 1 aromatic carbocycles. The van der Waals surface area contributed by atoms with E-state index in [1.165, 1.54) is 0 Å². The summed E-state index contributed by atoms with van der Waals surface area (Å²) in [6, 6.07) is 2.21. The first-order valence-electron chi connectivity index (χ1n) is 6.07. The molecule has 100 valence electrons. The van der Waals surface area contributed by atoms with Gasteiger partial charge in [0.1, 0.15) is 5.82 Å². The SMILES string of the molecule is C[C@@H]1CN(Cc2cc(F)cc(F)c2F)C[C@H](C)N1. The second-order valence-corrected chi connectivity index (χ2v) is 5.02. The van der Waals surface area contributed by atoms with E-state index in [4.69, 9.17) is 0 Å². The van der Waals surface area contributed by atoms with Crippen molar-refractivity contribution in [1.82, 2.24) is 10.2 Å². The van der Waals surface area contributed by atoms with Gasteiger partial charge in [0.2, 0.25) is 0 Å². The molecule has 1 aliphatic heterocycles. The molecule has 1 fully saturated rings. The zero-order valence-corrected chi connectivity index (χ0v) is 10.5. The van der Waals surface area contributed by atoms with Gasteiger partial charge in [0.05, 0.1) is 0 Å². The third kappa shape index (κ3) is 3.03. The van der Waals surface area contributed by atoms with Gasteiger partial charge in [-0.3, -0.25) is 4.90 Å². The highest BCUT2D eigenvalue weighted by molar-refractivity contribution is 5.20. The Hall–Kier alpha value is -1.07. The van der Waals surface area contributed by atoms with Crippen LogP contribution in [0.1, 0.15) is 19.4 Å². The lowest BCUT2D eigenvalue weighted by Crippen LogP contribution is -2.53. The molecule has 2 atom stereocenters. The molecule has 18 heavy (non-hydrogen) atoms. The van der Waals surface area contributed by atoms with Crippen molar-refractivity contribution in [1.29, 1.82) is 0 Å². The van der Waals surface area contributed by atoms with Crippen molar-refractivity contribution in [3.05, 3.63) is 35.1 Å². The van der Waals surface area contributed by atoms with Crippen LogP contribution >= 0.6 is 0 Å². The van der Waals surface area contributed by atoms with E-state index in [0.717, 1.165) is 19.2 Å². The molecule has 1 N–H and O–H groups in total. The highest BCUT2D eigenvalue weighted by Gasteiger charge is 2.22. The number of nitrogens with one attached hydrogen (secondary N) is 1. The Morgan fingerprint density at radius 2 is 1.78 bits per heavy atom. The Morgan fingerprint density at radius 3 is 2.39 bits per heavy atom. The van der Waals surface area contributed by atoms with Crippen LogP contribution in [0.4, 0.5) is 13.2 Å². The quantitative estimate of drug-likeness (QED) is 0.819.